The van der Waals surface area contributed by atoms with Crippen molar-refractivity contribution in [2.75, 3.05) is 19.8 Å². The van der Waals surface area contributed by atoms with Crippen molar-refractivity contribution in [3.8, 4) is 0 Å². The summed E-state index contributed by atoms with van der Waals surface area (Å²) in [6, 6.07) is 0. The summed E-state index contributed by atoms with van der Waals surface area (Å²) in [4.78, 5) is 63.6. The fourth-order valence-electron chi connectivity index (χ4n) is 1.18. The van der Waals surface area contributed by atoms with Crippen molar-refractivity contribution in [2.24, 2.45) is 0 Å². The number of ether oxygens (including phenoxy) is 4. The molecule has 0 amide bonds. The maximum atomic E-state index is 11.2. The second-order valence-corrected chi connectivity index (χ2v) is 4.54. The Morgan fingerprint density at radius 1 is 0.889 bits per heavy atom. The first-order valence-electron chi connectivity index (χ1n) is 7.10. The van der Waals surface area contributed by atoms with E-state index in [0.717, 1.165) is 12.2 Å². The second kappa shape index (κ2) is 12.6. The Hall–Kier alpha value is -3.70. The van der Waals surface area contributed by atoms with E-state index in [1.54, 1.807) is 0 Å². The predicted molar refractivity (Wildman–Crippen MR) is 82.0 cm³/mol. The molecule has 0 aromatic carbocycles. The van der Waals surface area contributed by atoms with Crippen LogP contribution in [-0.4, -0.2) is 72.0 Å². The van der Waals surface area contributed by atoms with Crippen molar-refractivity contribution < 1.29 is 57.9 Å². The molecule has 0 saturated heterocycles. The molecule has 1 atom stereocenters. The molecule has 148 valence electrons. The molecule has 1 aliphatic rings. The van der Waals surface area contributed by atoms with Gasteiger partial charge in [-0.2, -0.15) is 0 Å². The highest BCUT2D eigenvalue weighted by atomic mass is 16.6. The van der Waals surface area contributed by atoms with Gasteiger partial charge in [-0.15, -0.1) is 0 Å². The SMILES string of the molecule is CC1COC(=O)COC(=O)/C=C/C(=O)OCC(=O)O1.O=C(O)/C=C\C(=O)O. The summed E-state index contributed by atoms with van der Waals surface area (Å²) in [6.07, 6.45) is 1.96. The lowest BCUT2D eigenvalue weighted by Gasteiger charge is -2.13. The monoisotopic (exact) mass is 388 g/mol. The van der Waals surface area contributed by atoms with Crippen LogP contribution >= 0.6 is 0 Å². The lowest BCUT2D eigenvalue weighted by Crippen LogP contribution is -2.27. The topological polar surface area (TPSA) is 180 Å². The van der Waals surface area contributed by atoms with Crippen LogP contribution in [0.3, 0.4) is 0 Å². The highest BCUT2D eigenvalue weighted by Crippen LogP contribution is 1.97. The Morgan fingerprint density at radius 3 is 1.78 bits per heavy atom. The fraction of sp³-hybridized carbons (Fsp3) is 0.333. The lowest BCUT2D eigenvalue weighted by atomic mass is 10.4. The minimum absolute atomic E-state index is 0.189. The highest BCUT2D eigenvalue weighted by Gasteiger charge is 2.15. The molecule has 12 nitrogen and oxygen atoms in total. The maximum absolute atomic E-state index is 11.2. The van der Waals surface area contributed by atoms with Gasteiger partial charge >= 0.3 is 35.8 Å². The number of esters is 4. The summed E-state index contributed by atoms with van der Waals surface area (Å²) >= 11 is 0. The summed E-state index contributed by atoms with van der Waals surface area (Å²) in [7, 11) is 0. The Labute approximate surface area is 151 Å². The zero-order valence-corrected chi connectivity index (χ0v) is 14.0. The third-order valence-corrected chi connectivity index (χ3v) is 2.20. The van der Waals surface area contributed by atoms with Crippen molar-refractivity contribution in [2.45, 2.75) is 13.0 Å². The van der Waals surface area contributed by atoms with Crippen LogP contribution in [0.5, 0.6) is 0 Å². The van der Waals surface area contributed by atoms with Crippen LogP contribution in [0.1, 0.15) is 6.92 Å². The number of carboxylic acids is 2. The van der Waals surface area contributed by atoms with Gasteiger partial charge in [0.05, 0.1) is 0 Å². The van der Waals surface area contributed by atoms with Crippen molar-refractivity contribution in [3.63, 3.8) is 0 Å². The van der Waals surface area contributed by atoms with Gasteiger partial charge in [-0.3, -0.25) is 0 Å². The van der Waals surface area contributed by atoms with E-state index in [4.69, 9.17) is 19.7 Å². The molecule has 1 heterocycles. The van der Waals surface area contributed by atoms with Crippen molar-refractivity contribution in [1.82, 2.24) is 0 Å². The maximum Gasteiger partial charge on any atom is 0.344 e. The number of cyclic esters (lactones) is 4. The van der Waals surface area contributed by atoms with Gasteiger partial charge in [-0.05, 0) is 6.92 Å². The van der Waals surface area contributed by atoms with Crippen LogP contribution in [0.2, 0.25) is 0 Å². The summed E-state index contributed by atoms with van der Waals surface area (Å²) in [5.41, 5.74) is 0. The minimum atomic E-state index is -1.26. The predicted octanol–water partition coefficient (Wildman–Crippen LogP) is -1.17. The fourth-order valence-corrected chi connectivity index (χ4v) is 1.18. The van der Waals surface area contributed by atoms with E-state index in [-0.39, 0.29) is 6.61 Å². The number of hydrogen-bond acceptors (Lipinski definition) is 10. The molecule has 27 heavy (non-hydrogen) atoms. The van der Waals surface area contributed by atoms with E-state index in [0.29, 0.717) is 12.2 Å². The second-order valence-electron chi connectivity index (χ2n) is 4.54. The van der Waals surface area contributed by atoms with Gasteiger partial charge in [0, 0.05) is 24.3 Å². The van der Waals surface area contributed by atoms with Crippen LogP contribution < -0.4 is 0 Å². The molecule has 1 aliphatic heterocycles. The van der Waals surface area contributed by atoms with E-state index >= 15 is 0 Å². The molecule has 0 bridgehead atoms. The standard InChI is InChI=1S/C11H12O8.C4H4O4/c1-7-4-16-10(14)5-17-8(12)2-3-9(13)18-6-11(15)19-7;5-3(6)1-2-4(7)8/h2-3,7H,4-6H2,1H3;1-2H,(H,5,6)(H,7,8)/b3-2+;2-1-. The molecule has 2 N–H and O–H groups in total. The zero-order chi connectivity index (χ0) is 20.8. The first-order valence-corrected chi connectivity index (χ1v) is 7.10. The van der Waals surface area contributed by atoms with E-state index in [2.05, 4.69) is 9.47 Å². The summed E-state index contributed by atoms with van der Waals surface area (Å²) < 4.78 is 18.5. The average molecular weight is 388 g/mol. The molecule has 12 heteroatoms. The first kappa shape index (κ1) is 23.3. The van der Waals surface area contributed by atoms with Crippen LogP contribution in [0.25, 0.3) is 0 Å². The summed E-state index contributed by atoms with van der Waals surface area (Å²) in [5, 5.41) is 15.6. The van der Waals surface area contributed by atoms with E-state index in [1.807, 2.05) is 0 Å². The Balaban J connectivity index is 0.000000713. The lowest BCUT2D eigenvalue weighted by molar-refractivity contribution is -0.167. The quantitative estimate of drug-likeness (QED) is 0.329. The number of rotatable bonds is 2. The highest BCUT2D eigenvalue weighted by molar-refractivity contribution is 5.93. The van der Waals surface area contributed by atoms with Gasteiger partial charge in [0.25, 0.3) is 0 Å². The molecule has 0 radical (unpaired) electrons. The number of carbonyl (C=O) groups excluding carboxylic acids is 4. The molecule has 0 fully saturated rings. The molecular formula is C15H16O12. The number of carboxylic acid groups (broad SMARTS) is 2. The van der Waals surface area contributed by atoms with Crippen molar-refractivity contribution >= 4 is 35.8 Å². The van der Waals surface area contributed by atoms with Crippen LogP contribution in [0, 0.1) is 0 Å². The first-order chi connectivity index (χ1) is 12.6. The minimum Gasteiger partial charge on any atom is -0.478 e. The summed E-state index contributed by atoms with van der Waals surface area (Å²) in [6.45, 7) is 0.103. The third-order valence-electron chi connectivity index (χ3n) is 2.20. The van der Waals surface area contributed by atoms with Crippen LogP contribution in [0.15, 0.2) is 24.3 Å². The van der Waals surface area contributed by atoms with Gasteiger partial charge in [-0.1, -0.05) is 0 Å². The molecular weight excluding hydrogens is 372 g/mol. The van der Waals surface area contributed by atoms with Crippen molar-refractivity contribution in [1.29, 1.82) is 0 Å². The smallest absolute Gasteiger partial charge is 0.344 e. The Bertz CT molecular complexity index is 629. The molecule has 0 saturated carbocycles. The van der Waals surface area contributed by atoms with E-state index in [9.17, 15) is 28.8 Å². The van der Waals surface area contributed by atoms with Crippen LogP contribution in [-0.2, 0) is 47.7 Å². The average Bonchev–Trinajstić information content (AvgIpc) is 2.59. The summed E-state index contributed by atoms with van der Waals surface area (Å²) in [5.74, 6) is -5.89. The molecule has 1 rings (SSSR count). The van der Waals surface area contributed by atoms with Crippen molar-refractivity contribution in [3.05, 3.63) is 24.3 Å². The molecule has 0 aliphatic carbocycles. The van der Waals surface area contributed by atoms with Crippen LogP contribution in [0.4, 0.5) is 0 Å². The van der Waals surface area contributed by atoms with Gasteiger partial charge in [0.1, 0.15) is 12.7 Å². The molecule has 0 aromatic heterocycles. The zero-order valence-electron chi connectivity index (χ0n) is 14.0. The molecule has 1 unspecified atom stereocenters. The molecule has 0 spiro atoms. The Kier molecular flexibility index (Phi) is 10.9. The van der Waals surface area contributed by atoms with E-state index in [1.165, 1.54) is 6.92 Å². The normalized spacial score (nSPS) is 20.0. The van der Waals surface area contributed by atoms with Gasteiger partial charge < -0.3 is 29.2 Å². The van der Waals surface area contributed by atoms with Gasteiger partial charge in [-0.25, -0.2) is 28.8 Å². The largest absolute Gasteiger partial charge is 0.478 e. The molecule has 0 aromatic rings. The number of hydrogen-bond donors (Lipinski definition) is 2. The number of aliphatic carboxylic acids is 2. The third kappa shape index (κ3) is 14.4. The Morgan fingerprint density at radius 2 is 1.33 bits per heavy atom. The number of carbonyl (C=O) groups is 6. The van der Waals surface area contributed by atoms with E-state index < -0.39 is 55.1 Å². The van der Waals surface area contributed by atoms with Gasteiger partial charge in [0.2, 0.25) is 0 Å². The van der Waals surface area contributed by atoms with Gasteiger partial charge in [0.15, 0.2) is 13.2 Å².